The Balaban J connectivity index is 0.000000173. The van der Waals surface area contributed by atoms with Crippen molar-refractivity contribution in [3.05, 3.63) is 74.1 Å². The summed E-state index contributed by atoms with van der Waals surface area (Å²) in [7, 11) is 2.21. The summed E-state index contributed by atoms with van der Waals surface area (Å²) in [5, 5.41) is 14.9. The fourth-order valence-electron chi connectivity index (χ4n) is 5.39. The Morgan fingerprint density at radius 3 is 2.57 bits per heavy atom. The third-order valence-corrected chi connectivity index (χ3v) is 9.34. The van der Waals surface area contributed by atoms with Gasteiger partial charge in [-0.05, 0) is 104 Å². The number of halogens is 1. The Morgan fingerprint density at radius 1 is 1.16 bits per heavy atom. The van der Waals surface area contributed by atoms with E-state index in [9.17, 15) is 14.3 Å². The van der Waals surface area contributed by atoms with Crippen LogP contribution >= 0.6 is 22.7 Å². The number of nitrogens with zero attached hydrogens (tertiary/aromatic N) is 3. The van der Waals surface area contributed by atoms with E-state index in [1.165, 1.54) is 47.4 Å². The molecule has 3 aromatic rings. The molecule has 0 bridgehead atoms. The molecule has 2 aromatic heterocycles. The molecular formula is C29H38FN3O2S2. The maximum absolute atomic E-state index is 13.2. The van der Waals surface area contributed by atoms with Gasteiger partial charge in [-0.25, -0.2) is 9.37 Å². The van der Waals surface area contributed by atoms with Crippen molar-refractivity contribution in [3.8, 4) is 0 Å². The number of carboxylic acid groups (broad SMARTS) is 1. The van der Waals surface area contributed by atoms with Crippen molar-refractivity contribution in [1.82, 2.24) is 14.8 Å². The first-order valence-electron chi connectivity index (χ1n) is 13.2. The molecule has 2 aliphatic heterocycles. The minimum atomic E-state index is -0.769. The van der Waals surface area contributed by atoms with Crippen LogP contribution in [-0.4, -0.2) is 65.1 Å². The minimum Gasteiger partial charge on any atom is -0.480 e. The molecule has 1 N–H and O–H groups in total. The van der Waals surface area contributed by atoms with Crippen molar-refractivity contribution >= 4 is 28.6 Å². The maximum Gasteiger partial charge on any atom is 0.321 e. The molecular weight excluding hydrogens is 505 g/mol. The molecule has 5 rings (SSSR count). The lowest BCUT2D eigenvalue weighted by atomic mass is 9.96. The summed E-state index contributed by atoms with van der Waals surface area (Å²) in [6.07, 6.45) is 6.58. The molecule has 0 radical (unpaired) electrons. The molecule has 0 spiro atoms. The van der Waals surface area contributed by atoms with Gasteiger partial charge in [0.15, 0.2) is 0 Å². The SMILES string of the molecule is CC(C)C(C(=O)O)N1CCC(c2cccc(F)c2)C1.CN1CCC(c2cnc(Cc3ccsc3)s2)CC1. The number of benzene rings is 1. The summed E-state index contributed by atoms with van der Waals surface area (Å²) in [6, 6.07) is 8.37. The van der Waals surface area contributed by atoms with Gasteiger partial charge in [-0.3, -0.25) is 9.69 Å². The molecule has 0 amide bonds. The number of rotatable bonds is 7. The molecule has 0 aliphatic carbocycles. The molecule has 4 heterocycles. The van der Waals surface area contributed by atoms with Gasteiger partial charge in [-0.1, -0.05) is 26.0 Å². The van der Waals surface area contributed by atoms with Crippen LogP contribution in [0.3, 0.4) is 0 Å². The van der Waals surface area contributed by atoms with E-state index < -0.39 is 12.0 Å². The number of aliphatic carboxylic acids is 1. The predicted octanol–water partition coefficient (Wildman–Crippen LogP) is 6.33. The molecule has 2 atom stereocenters. The number of hydrogen-bond acceptors (Lipinski definition) is 6. The highest BCUT2D eigenvalue weighted by atomic mass is 32.1. The van der Waals surface area contributed by atoms with Gasteiger partial charge in [0.25, 0.3) is 0 Å². The molecule has 2 fully saturated rings. The number of likely N-dealkylation sites (tertiary alicyclic amines) is 2. The zero-order valence-corrected chi connectivity index (χ0v) is 23.6. The summed E-state index contributed by atoms with van der Waals surface area (Å²) in [6.45, 7) is 7.75. The van der Waals surface area contributed by atoms with Crippen LogP contribution in [-0.2, 0) is 11.2 Å². The number of hydrogen-bond donors (Lipinski definition) is 1. The second-order valence-electron chi connectivity index (χ2n) is 10.6. The van der Waals surface area contributed by atoms with Crippen LogP contribution < -0.4 is 0 Å². The fraction of sp³-hybridized carbons (Fsp3) is 0.517. The summed E-state index contributed by atoms with van der Waals surface area (Å²) in [4.78, 5) is 21.8. The van der Waals surface area contributed by atoms with Gasteiger partial charge in [0.05, 0.1) is 5.01 Å². The van der Waals surface area contributed by atoms with E-state index in [0.29, 0.717) is 6.54 Å². The second kappa shape index (κ2) is 13.1. The highest BCUT2D eigenvalue weighted by Gasteiger charge is 2.34. The van der Waals surface area contributed by atoms with Crippen molar-refractivity contribution in [1.29, 1.82) is 0 Å². The van der Waals surface area contributed by atoms with Crippen molar-refractivity contribution in [3.63, 3.8) is 0 Å². The van der Waals surface area contributed by atoms with Crippen LogP contribution in [0.15, 0.2) is 47.3 Å². The molecule has 8 heteroatoms. The monoisotopic (exact) mass is 543 g/mol. The van der Waals surface area contributed by atoms with Gasteiger partial charge >= 0.3 is 5.97 Å². The zero-order valence-electron chi connectivity index (χ0n) is 22.0. The lowest BCUT2D eigenvalue weighted by Crippen LogP contribution is -2.43. The van der Waals surface area contributed by atoms with Crippen molar-refractivity contribution < 1.29 is 14.3 Å². The molecule has 2 aliphatic rings. The lowest BCUT2D eigenvalue weighted by Gasteiger charge is -2.27. The summed E-state index contributed by atoms with van der Waals surface area (Å²) in [5.74, 6) is 0.0551. The molecule has 1 aromatic carbocycles. The Labute approximate surface area is 228 Å². The molecule has 5 nitrogen and oxygen atoms in total. The molecule has 200 valence electrons. The summed E-state index contributed by atoms with van der Waals surface area (Å²) < 4.78 is 13.2. The summed E-state index contributed by atoms with van der Waals surface area (Å²) >= 11 is 3.68. The van der Waals surface area contributed by atoms with Crippen LogP contribution in [0.4, 0.5) is 4.39 Å². The van der Waals surface area contributed by atoms with Gasteiger partial charge in [0.2, 0.25) is 0 Å². The average Bonchev–Trinajstić information content (AvgIpc) is 3.63. The predicted molar refractivity (Wildman–Crippen MR) is 150 cm³/mol. The van der Waals surface area contributed by atoms with Crippen LogP contribution in [0.5, 0.6) is 0 Å². The van der Waals surface area contributed by atoms with E-state index in [2.05, 4.69) is 40.0 Å². The van der Waals surface area contributed by atoms with Gasteiger partial charge in [0, 0.05) is 24.0 Å². The summed E-state index contributed by atoms with van der Waals surface area (Å²) in [5.41, 5.74) is 2.36. The molecule has 0 saturated carbocycles. The van der Waals surface area contributed by atoms with E-state index in [1.54, 1.807) is 23.5 Å². The highest BCUT2D eigenvalue weighted by Crippen LogP contribution is 2.32. The van der Waals surface area contributed by atoms with Gasteiger partial charge in [-0.2, -0.15) is 11.3 Å². The molecule has 2 saturated heterocycles. The first-order valence-corrected chi connectivity index (χ1v) is 14.9. The van der Waals surface area contributed by atoms with Crippen LogP contribution in [0, 0.1) is 11.7 Å². The van der Waals surface area contributed by atoms with Crippen molar-refractivity contribution in [2.45, 2.75) is 57.4 Å². The maximum atomic E-state index is 13.2. The van der Waals surface area contributed by atoms with Gasteiger partial charge in [-0.15, -0.1) is 11.3 Å². The number of thiophene rings is 1. The Kier molecular flexibility index (Phi) is 9.87. The van der Waals surface area contributed by atoms with E-state index in [-0.39, 0.29) is 17.7 Å². The Morgan fingerprint density at radius 2 is 1.92 bits per heavy atom. The zero-order chi connectivity index (χ0) is 26.4. The third kappa shape index (κ3) is 7.69. The quantitative estimate of drug-likeness (QED) is 0.377. The lowest BCUT2D eigenvalue weighted by molar-refractivity contribution is -0.144. The van der Waals surface area contributed by atoms with Gasteiger partial charge < -0.3 is 10.0 Å². The van der Waals surface area contributed by atoms with E-state index >= 15 is 0 Å². The third-order valence-electron chi connectivity index (χ3n) is 7.45. The molecule has 2 unspecified atom stereocenters. The second-order valence-corrected chi connectivity index (χ2v) is 12.5. The number of aromatic nitrogens is 1. The Hall–Kier alpha value is -2.13. The van der Waals surface area contributed by atoms with E-state index in [0.717, 1.165) is 30.9 Å². The largest absolute Gasteiger partial charge is 0.480 e. The number of carbonyl (C=O) groups is 1. The highest BCUT2D eigenvalue weighted by molar-refractivity contribution is 7.11. The first-order chi connectivity index (χ1) is 17.8. The normalized spacial score (nSPS) is 20.1. The number of piperidine rings is 1. The van der Waals surface area contributed by atoms with Crippen LogP contribution in [0.25, 0.3) is 0 Å². The number of carboxylic acids is 1. The van der Waals surface area contributed by atoms with Crippen LogP contribution in [0.1, 0.15) is 66.0 Å². The topological polar surface area (TPSA) is 56.7 Å². The van der Waals surface area contributed by atoms with E-state index in [1.807, 2.05) is 36.2 Å². The van der Waals surface area contributed by atoms with Gasteiger partial charge in [0.1, 0.15) is 11.9 Å². The minimum absolute atomic E-state index is 0.0729. The smallest absolute Gasteiger partial charge is 0.321 e. The number of thiazole rings is 1. The van der Waals surface area contributed by atoms with Crippen molar-refractivity contribution in [2.24, 2.45) is 5.92 Å². The van der Waals surface area contributed by atoms with E-state index in [4.69, 9.17) is 0 Å². The fourth-order valence-corrected chi connectivity index (χ4v) is 7.18. The van der Waals surface area contributed by atoms with Crippen molar-refractivity contribution in [2.75, 3.05) is 33.2 Å². The molecule has 37 heavy (non-hydrogen) atoms. The first kappa shape index (κ1) is 27.9. The average molecular weight is 544 g/mol. The standard InChI is InChI=1S/C15H20FNO2.C14H18N2S2/c1-10(2)14(15(18)19)17-7-6-12(9-17)11-4-3-5-13(16)8-11;1-16-5-2-12(3-6-16)13-9-15-14(18-13)8-11-4-7-17-10-11/h3-5,8,10,12,14H,6-7,9H2,1-2H3,(H,18,19);4,7,9-10,12H,2-3,5-6,8H2,1H3. The Bertz CT molecular complexity index is 1130. The van der Waals surface area contributed by atoms with Crippen LogP contribution in [0.2, 0.25) is 0 Å².